The number of rotatable bonds is 6. The van der Waals surface area contributed by atoms with Crippen LogP contribution in [0.3, 0.4) is 0 Å². The molecule has 1 fully saturated rings. The van der Waals surface area contributed by atoms with E-state index in [1.165, 1.54) is 18.9 Å². The van der Waals surface area contributed by atoms with Crippen LogP contribution in [-0.2, 0) is 34.3 Å². The predicted molar refractivity (Wildman–Crippen MR) is 120 cm³/mol. The normalized spacial score (nSPS) is 17.9. The summed E-state index contributed by atoms with van der Waals surface area (Å²) in [5.74, 6) is 0.897. The second-order valence-electron chi connectivity index (χ2n) is 8.24. The van der Waals surface area contributed by atoms with Crippen LogP contribution in [0.4, 0.5) is 0 Å². The first-order chi connectivity index (χ1) is 15.0. The summed E-state index contributed by atoms with van der Waals surface area (Å²) < 4.78 is 29.5. The Hall–Kier alpha value is -2.45. The van der Waals surface area contributed by atoms with Crippen molar-refractivity contribution in [3.05, 3.63) is 53.6 Å². The second-order valence-corrected chi connectivity index (χ2v) is 10.2. The lowest BCUT2D eigenvalue weighted by Gasteiger charge is -2.19. The first-order valence-electron chi connectivity index (χ1n) is 11.1. The van der Waals surface area contributed by atoms with Crippen LogP contribution in [0.1, 0.15) is 55.6 Å². The van der Waals surface area contributed by atoms with Gasteiger partial charge in [-0.05, 0) is 49.5 Å². The monoisotopic (exact) mass is 442 g/mol. The molecule has 0 bridgehead atoms. The van der Waals surface area contributed by atoms with Gasteiger partial charge in [-0.3, -0.25) is 4.79 Å². The molecule has 2 aliphatic heterocycles. The van der Waals surface area contributed by atoms with Gasteiger partial charge in [0.05, 0.1) is 17.1 Å². The number of carbonyl (C=O) groups excluding carboxylic acids is 1. The highest BCUT2D eigenvalue weighted by molar-refractivity contribution is 7.89. The van der Waals surface area contributed by atoms with Gasteiger partial charge in [-0.25, -0.2) is 13.4 Å². The Balaban J connectivity index is 1.32. The van der Waals surface area contributed by atoms with Crippen molar-refractivity contribution in [2.24, 2.45) is 0 Å². The van der Waals surface area contributed by atoms with Gasteiger partial charge in [0.1, 0.15) is 5.82 Å². The molecule has 2 aliphatic rings. The molecule has 1 saturated heterocycles. The summed E-state index contributed by atoms with van der Waals surface area (Å²) in [7, 11) is -3.45. The summed E-state index contributed by atoms with van der Waals surface area (Å²) in [6.07, 6.45) is 12.5. The Kier molecular flexibility index (Phi) is 6.87. The van der Waals surface area contributed by atoms with Gasteiger partial charge in [-0.1, -0.05) is 25.0 Å². The molecule has 0 saturated carbocycles. The van der Waals surface area contributed by atoms with Crippen molar-refractivity contribution in [3.63, 3.8) is 0 Å². The van der Waals surface area contributed by atoms with Gasteiger partial charge in [0.15, 0.2) is 0 Å². The molecule has 31 heavy (non-hydrogen) atoms. The van der Waals surface area contributed by atoms with E-state index in [1.54, 1.807) is 34.6 Å². The molecule has 4 rings (SSSR count). The van der Waals surface area contributed by atoms with E-state index in [1.807, 2.05) is 6.20 Å². The van der Waals surface area contributed by atoms with Crippen LogP contribution >= 0.6 is 0 Å². The van der Waals surface area contributed by atoms with E-state index in [-0.39, 0.29) is 5.91 Å². The minimum Gasteiger partial charge on any atom is -0.347 e. The van der Waals surface area contributed by atoms with Gasteiger partial charge in [-0.2, -0.15) is 4.31 Å². The van der Waals surface area contributed by atoms with Crippen LogP contribution in [0.15, 0.2) is 41.4 Å². The maximum atomic E-state index is 12.8. The number of nitrogens with one attached hydrogen (secondary N) is 1. The first kappa shape index (κ1) is 21.8. The fourth-order valence-corrected chi connectivity index (χ4v) is 5.66. The van der Waals surface area contributed by atoms with Crippen LogP contribution in [0.5, 0.6) is 0 Å². The quantitative estimate of drug-likeness (QED) is 0.697. The minimum absolute atomic E-state index is 0.202. The second kappa shape index (κ2) is 9.78. The largest absolute Gasteiger partial charge is 0.347 e. The molecule has 166 valence electrons. The Morgan fingerprint density at radius 2 is 1.71 bits per heavy atom. The molecule has 0 radical (unpaired) electrons. The van der Waals surface area contributed by atoms with Gasteiger partial charge >= 0.3 is 0 Å². The smallest absolute Gasteiger partial charge is 0.244 e. The molecule has 0 spiro atoms. The highest BCUT2D eigenvalue weighted by Crippen LogP contribution is 2.21. The van der Waals surface area contributed by atoms with Crippen LogP contribution in [-0.4, -0.2) is 41.3 Å². The van der Waals surface area contributed by atoms with E-state index >= 15 is 0 Å². The predicted octanol–water partition coefficient (Wildman–Crippen LogP) is 3.11. The summed E-state index contributed by atoms with van der Waals surface area (Å²) >= 11 is 0. The molecule has 7 nitrogen and oxygen atoms in total. The van der Waals surface area contributed by atoms with Crippen molar-refractivity contribution in [1.29, 1.82) is 0 Å². The molecular weight excluding hydrogens is 412 g/mol. The molecule has 2 aromatic rings. The van der Waals surface area contributed by atoms with Crippen molar-refractivity contribution in [1.82, 2.24) is 19.2 Å². The summed E-state index contributed by atoms with van der Waals surface area (Å²) in [5.41, 5.74) is 1.66. The molecule has 0 atom stereocenters. The third-order valence-corrected chi connectivity index (χ3v) is 7.83. The zero-order chi connectivity index (χ0) is 21.7. The Labute approximate surface area is 184 Å². The fourth-order valence-electron chi connectivity index (χ4n) is 4.15. The lowest BCUT2D eigenvalue weighted by molar-refractivity contribution is -0.116. The number of amides is 1. The van der Waals surface area contributed by atoms with E-state index < -0.39 is 10.0 Å². The Bertz CT molecular complexity index is 1010. The molecule has 8 heteroatoms. The summed E-state index contributed by atoms with van der Waals surface area (Å²) in [5, 5.41) is 2.86. The first-order valence-corrected chi connectivity index (χ1v) is 12.6. The molecule has 0 unspecified atom stereocenters. The third kappa shape index (κ3) is 5.43. The van der Waals surface area contributed by atoms with Crippen molar-refractivity contribution in [2.45, 2.75) is 62.9 Å². The van der Waals surface area contributed by atoms with Crippen LogP contribution in [0.2, 0.25) is 0 Å². The molecule has 0 aliphatic carbocycles. The van der Waals surface area contributed by atoms with Crippen LogP contribution < -0.4 is 5.32 Å². The number of hydrogen-bond acceptors (Lipinski definition) is 4. The van der Waals surface area contributed by atoms with Crippen LogP contribution in [0, 0.1) is 0 Å². The number of benzene rings is 1. The number of carbonyl (C=O) groups is 1. The number of hydrogen-bond donors (Lipinski definition) is 1. The van der Waals surface area contributed by atoms with Gasteiger partial charge < -0.3 is 9.88 Å². The van der Waals surface area contributed by atoms with E-state index in [4.69, 9.17) is 0 Å². The molecular formula is C23H30N4O3S. The SMILES string of the molecule is O=C(/C=C/c1ccc(S(=O)(=O)N2CCCCCC2)cc1)NCc1cn2c(n1)CCCC2. The number of nitrogens with zero attached hydrogens (tertiary/aromatic N) is 3. The van der Waals surface area contributed by atoms with E-state index in [0.717, 1.165) is 55.7 Å². The van der Waals surface area contributed by atoms with E-state index in [2.05, 4.69) is 14.9 Å². The Morgan fingerprint density at radius 3 is 2.42 bits per heavy atom. The van der Waals surface area contributed by atoms with Gasteiger partial charge in [0, 0.05) is 38.3 Å². The van der Waals surface area contributed by atoms with Gasteiger partial charge in [0.25, 0.3) is 0 Å². The van der Waals surface area contributed by atoms with Crippen molar-refractivity contribution >= 4 is 22.0 Å². The maximum absolute atomic E-state index is 12.8. The number of fused-ring (bicyclic) bond motifs is 1. The van der Waals surface area contributed by atoms with Crippen molar-refractivity contribution in [3.8, 4) is 0 Å². The number of imidazole rings is 1. The topological polar surface area (TPSA) is 84.3 Å². The fraction of sp³-hybridized carbons (Fsp3) is 0.478. The third-order valence-electron chi connectivity index (χ3n) is 5.91. The molecule has 1 amide bonds. The maximum Gasteiger partial charge on any atom is 0.244 e. The number of sulfonamides is 1. The average Bonchev–Trinajstić information content (AvgIpc) is 2.99. The zero-order valence-electron chi connectivity index (χ0n) is 17.8. The summed E-state index contributed by atoms with van der Waals surface area (Å²) in [6, 6.07) is 6.71. The summed E-state index contributed by atoms with van der Waals surface area (Å²) in [6.45, 7) is 2.57. The number of aryl methyl sites for hydroxylation is 2. The minimum atomic E-state index is -3.45. The van der Waals surface area contributed by atoms with Crippen molar-refractivity contribution in [2.75, 3.05) is 13.1 Å². The molecule has 3 heterocycles. The van der Waals surface area contributed by atoms with Gasteiger partial charge in [0.2, 0.25) is 15.9 Å². The lowest BCUT2D eigenvalue weighted by Crippen LogP contribution is -2.31. The average molecular weight is 443 g/mol. The van der Waals surface area contributed by atoms with Crippen molar-refractivity contribution < 1.29 is 13.2 Å². The number of aromatic nitrogens is 2. The highest BCUT2D eigenvalue weighted by Gasteiger charge is 2.24. The summed E-state index contributed by atoms with van der Waals surface area (Å²) in [4.78, 5) is 17.0. The molecule has 1 N–H and O–H groups in total. The Morgan fingerprint density at radius 1 is 1.00 bits per heavy atom. The highest BCUT2D eigenvalue weighted by atomic mass is 32.2. The zero-order valence-corrected chi connectivity index (χ0v) is 18.6. The molecule has 1 aromatic heterocycles. The lowest BCUT2D eigenvalue weighted by atomic mass is 10.2. The van der Waals surface area contributed by atoms with Crippen LogP contribution in [0.25, 0.3) is 6.08 Å². The molecule has 1 aromatic carbocycles. The van der Waals surface area contributed by atoms with E-state index in [9.17, 15) is 13.2 Å². The standard InChI is InChI=1S/C23H30N4O3S/c28-23(24-17-20-18-26-14-6-3-7-22(26)25-20)13-10-19-8-11-21(12-9-19)31(29,30)27-15-4-1-2-5-16-27/h8-13,18H,1-7,14-17H2,(H,24,28)/b13-10+. The van der Waals surface area contributed by atoms with Gasteiger partial charge in [-0.15, -0.1) is 0 Å². The van der Waals surface area contributed by atoms with E-state index in [0.29, 0.717) is 24.5 Å².